The van der Waals surface area contributed by atoms with E-state index in [0.29, 0.717) is 25.9 Å². The summed E-state index contributed by atoms with van der Waals surface area (Å²) in [6.45, 7) is 7.90. The molecule has 2 aliphatic heterocycles. The number of amides is 2. The van der Waals surface area contributed by atoms with Crippen molar-refractivity contribution < 1.29 is 24.2 Å². The summed E-state index contributed by atoms with van der Waals surface area (Å²) in [5, 5.41) is 19.2. The SMILES string of the molecule is COc1ccc([Si](C)(C)[C@H]2[C@H](CCn3cc(CCO)nn3)O[C@@]3(C(=O)N(Cc4ccc(N(C=O)c5ccccc5)cc4)c4ccccc43)[C@@H]2C)cc1. The Morgan fingerprint density at radius 1 is 0.962 bits per heavy atom. The molecule has 1 fully saturated rings. The number of methoxy groups -OCH3 is 1. The predicted molar refractivity (Wildman–Crippen MR) is 204 cm³/mol. The van der Waals surface area contributed by atoms with Crippen LogP contribution in [0.15, 0.2) is 109 Å². The first kappa shape index (κ1) is 35.3. The number of aliphatic hydroxyl groups excluding tert-OH is 1. The maximum Gasteiger partial charge on any atom is 0.264 e. The fraction of sp³-hybridized carbons (Fsp3) is 0.317. The maximum absolute atomic E-state index is 15.1. The van der Waals surface area contributed by atoms with Crippen molar-refractivity contribution in [2.75, 3.05) is 23.5 Å². The lowest BCUT2D eigenvalue weighted by Gasteiger charge is -2.37. The highest BCUT2D eigenvalue weighted by atomic mass is 28.3. The van der Waals surface area contributed by atoms with Crippen molar-refractivity contribution in [1.29, 1.82) is 0 Å². The molecular formula is C41H45N5O5Si. The number of carbonyl (C=O) groups excluding carboxylic acids is 2. The summed E-state index contributed by atoms with van der Waals surface area (Å²) in [5.74, 6) is 0.627. The molecule has 1 aromatic heterocycles. The van der Waals surface area contributed by atoms with E-state index in [0.717, 1.165) is 46.0 Å². The molecule has 4 atom stereocenters. The number of carbonyl (C=O) groups is 2. The van der Waals surface area contributed by atoms with E-state index in [2.05, 4.69) is 48.5 Å². The third-order valence-electron chi connectivity index (χ3n) is 11.0. The Morgan fingerprint density at radius 2 is 1.65 bits per heavy atom. The van der Waals surface area contributed by atoms with Gasteiger partial charge in [-0.05, 0) is 60.0 Å². The lowest BCUT2D eigenvalue weighted by atomic mass is 9.82. The Hall–Kier alpha value is -5.10. The summed E-state index contributed by atoms with van der Waals surface area (Å²) in [5.41, 5.74) is 3.90. The highest BCUT2D eigenvalue weighted by Gasteiger charge is 2.66. The van der Waals surface area contributed by atoms with Crippen LogP contribution in [0.2, 0.25) is 18.6 Å². The van der Waals surface area contributed by atoms with Crippen LogP contribution < -0.4 is 19.7 Å². The topological polar surface area (TPSA) is 110 Å². The average molecular weight is 716 g/mol. The van der Waals surface area contributed by atoms with E-state index < -0.39 is 13.7 Å². The minimum absolute atomic E-state index is 0.0151. The molecule has 11 heteroatoms. The van der Waals surface area contributed by atoms with Crippen molar-refractivity contribution in [3.05, 3.63) is 126 Å². The van der Waals surface area contributed by atoms with Crippen LogP contribution in [-0.4, -0.2) is 60.3 Å². The molecule has 0 saturated carbocycles. The van der Waals surface area contributed by atoms with Crippen LogP contribution in [0.1, 0.15) is 30.2 Å². The number of benzene rings is 4. The molecule has 1 N–H and O–H groups in total. The van der Waals surface area contributed by atoms with Crippen LogP contribution >= 0.6 is 0 Å². The first-order chi connectivity index (χ1) is 25.2. The molecule has 1 spiro atoms. The van der Waals surface area contributed by atoms with Gasteiger partial charge in [-0.2, -0.15) is 0 Å². The summed E-state index contributed by atoms with van der Waals surface area (Å²) in [6.07, 6.45) is 3.56. The summed E-state index contributed by atoms with van der Waals surface area (Å²) in [4.78, 5) is 30.6. The van der Waals surface area contributed by atoms with Gasteiger partial charge in [-0.25, -0.2) is 0 Å². The Kier molecular flexibility index (Phi) is 9.84. The van der Waals surface area contributed by atoms with Gasteiger partial charge in [0, 0.05) is 48.6 Å². The van der Waals surface area contributed by atoms with Crippen molar-refractivity contribution in [2.24, 2.45) is 5.92 Å². The maximum atomic E-state index is 15.1. The lowest BCUT2D eigenvalue weighted by molar-refractivity contribution is -0.146. The van der Waals surface area contributed by atoms with E-state index in [1.54, 1.807) is 12.0 Å². The number of aliphatic hydroxyl groups is 1. The second kappa shape index (κ2) is 14.5. The van der Waals surface area contributed by atoms with E-state index >= 15 is 4.79 Å². The summed E-state index contributed by atoms with van der Waals surface area (Å²) in [7, 11) is -0.631. The Morgan fingerprint density at radius 3 is 2.35 bits per heavy atom. The van der Waals surface area contributed by atoms with Crippen LogP contribution in [0.5, 0.6) is 5.75 Å². The predicted octanol–water partition coefficient (Wildman–Crippen LogP) is 5.97. The summed E-state index contributed by atoms with van der Waals surface area (Å²) < 4.78 is 14.6. The molecule has 4 aromatic carbocycles. The average Bonchev–Trinajstić information content (AvgIpc) is 3.82. The normalized spacial score (nSPS) is 21.1. The molecular weight excluding hydrogens is 671 g/mol. The fourth-order valence-corrected chi connectivity index (χ4v) is 12.5. The highest BCUT2D eigenvalue weighted by molar-refractivity contribution is 6.91. The van der Waals surface area contributed by atoms with Gasteiger partial charge in [-0.1, -0.05) is 91.1 Å². The number of aromatic nitrogens is 3. The monoisotopic (exact) mass is 715 g/mol. The second-order valence-electron chi connectivity index (χ2n) is 14.3. The van der Waals surface area contributed by atoms with Gasteiger partial charge in [0.05, 0.1) is 39.2 Å². The smallest absolute Gasteiger partial charge is 0.264 e. The van der Waals surface area contributed by atoms with E-state index in [1.165, 1.54) is 5.19 Å². The van der Waals surface area contributed by atoms with Crippen LogP contribution in [0, 0.1) is 5.92 Å². The van der Waals surface area contributed by atoms with Gasteiger partial charge in [-0.3, -0.25) is 19.2 Å². The van der Waals surface area contributed by atoms with Gasteiger partial charge >= 0.3 is 0 Å². The number of anilines is 3. The number of hydrogen-bond donors (Lipinski definition) is 1. The van der Waals surface area contributed by atoms with Crippen molar-refractivity contribution in [3.8, 4) is 5.75 Å². The standard InChI is InChI=1S/C41H45N5O5Si/c1-29-39(52(3,4)35-20-18-34(50-2)19-21-35)38(22-24-44-27-31(23-25-47)42-43-44)51-41(29)36-12-8-9-13-37(36)45(40(41)49)26-30-14-16-33(17-15-30)46(28-48)32-10-6-5-7-11-32/h5-21,27-29,38-39,47H,22-26H2,1-4H3/t29-,38+,39-,41+/m1/s1. The van der Waals surface area contributed by atoms with Crippen molar-refractivity contribution in [1.82, 2.24) is 15.0 Å². The minimum atomic E-state index is -2.31. The molecule has 2 aliphatic rings. The molecule has 2 amide bonds. The molecule has 0 unspecified atom stereocenters. The van der Waals surface area contributed by atoms with E-state index in [-0.39, 0.29) is 30.1 Å². The molecule has 10 nitrogen and oxygen atoms in total. The Balaban J connectivity index is 1.22. The van der Waals surface area contributed by atoms with Gasteiger partial charge in [-0.15, -0.1) is 5.10 Å². The number of hydrogen-bond acceptors (Lipinski definition) is 7. The first-order valence-corrected chi connectivity index (χ1v) is 20.9. The molecule has 0 aliphatic carbocycles. The molecule has 52 heavy (non-hydrogen) atoms. The van der Waals surface area contributed by atoms with Crippen LogP contribution in [0.25, 0.3) is 0 Å². The Labute approximate surface area is 305 Å². The van der Waals surface area contributed by atoms with E-state index in [1.807, 2.05) is 101 Å². The number of rotatable bonds is 13. The molecule has 5 aromatic rings. The molecule has 0 radical (unpaired) electrons. The zero-order valence-corrected chi connectivity index (χ0v) is 31.1. The minimum Gasteiger partial charge on any atom is -0.497 e. The van der Waals surface area contributed by atoms with Gasteiger partial charge < -0.3 is 19.5 Å². The first-order valence-electron chi connectivity index (χ1n) is 17.8. The second-order valence-corrected chi connectivity index (χ2v) is 19.0. The zero-order valence-electron chi connectivity index (χ0n) is 30.1. The fourth-order valence-electron chi connectivity index (χ4n) is 8.43. The van der Waals surface area contributed by atoms with Crippen molar-refractivity contribution in [3.63, 3.8) is 0 Å². The molecule has 7 rings (SSSR count). The van der Waals surface area contributed by atoms with Gasteiger partial charge in [0.1, 0.15) is 5.75 Å². The van der Waals surface area contributed by atoms with E-state index in [4.69, 9.17) is 9.47 Å². The van der Waals surface area contributed by atoms with Crippen molar-refractivity contribution in [2.45, 2.75) is 63.2 Å². The van der Waals surface area contributed by atoms with Gasteiger partial charge in [0.2, 0.25) is 6.41 Å². The molecule has 1 saturated heterocycles. The third kappa shape index (κ3) is 6.22. The molecule has 268 valence electrons. The van der Waals surface area contributed by atoms with Crippen LogP contribution in [-0.2, 0) is 39.4 Å². The van der Waals surface area contributed by atoms with Gasteiger partial charge in [0.25, 0.3) is 5.91 Å². The number of nitrogens with zero attached hydrogens (tertiary/aromatic N) is 5. The number of ether oxygens (including phenoxy) is 2. The van der Waals surface area contributed by atoms with E-state index in [9.17, 15) is 9.90 Å². The molecule has 0 bridgehead atoms. The Bertz CT molecular complexity index is 2020. The third-order valence-corrected chi connectivity index (χ3v) is 15.4. The van der Waals surface area contributed by atoms with Gasteiger partial charge in [0.15, 0.2) is 5.60 Å². The summed E-state index contributed by atoms with van der Waals surface area (Å²) >= 11 is 0. The zero-order chi connectivity index (χ0) is 36.5. The highest BCUT2D eigenvalue weighted by Crippen LogP contribution is 2.60. The van der Waals surface area contributed by atoms with Crippen molar-refractivity contribution >= 4 is 42.6 Å². The quantitative estimate of drug-likeness (QED) is 0.118. The van der Waals surface area contributed by atoms with Crippen LogP contribution in [0.3, 0.4) is 0 Å². The number of aryl methyl sites for hydroxylation is 1. The lowest BCUT2D eigenvalue weighted by Crippen LogP contribution is -2.51. The number of para-hydroxylation sites is 2. The summed E-state index contributed by atoms with van der Waals surface area (Å²) in [6, 6.07) is 33.7. The largest absolute Gasteiger partial charge is 0.497 e. The number of fused-ring (bicyclic) bond motifs is 2. The van der Waals surface area contributed by atoms with Crippen LogP contribution in [0.4, 0.5) is 17.1 Å². The molecule has 3 heterocycles.